The van der Waals surface area contributed by atoms with Gasteiger partial charge >= 0.3 is 0 Å². The van der Waals surface area contributed by atoms with Crippen LogP contribution in [0.4, 0.5) is 0 Å². The SMILES string of the molecule is CC12CCC(O)CC13C=CC1(C(C(=O)c4ccco4)=C3)C2CCC2(C)C1CCC2(O)CN1CCCCCCC1. The van der Waals surface area contributed by atoms with Crippen molar-refractivity contribution in [2.45, 2.75) is 103 Å². The van der Waals surface area contributed by atoms with Gasteiger partial charge in [-0.3, -0.25) is 4.79 Å². The fourth-order valence-electron chi connectivity index (χ4n) is 11.0. The summed E-state index contributed by atoms with van der Waals surface area (Å²) < 4.78 is 5.69. The van der Waals surface area contributed by atoms with Gasteiger partial charge in [-0.15, -0.1) is 0 Å². The summed E-state index contributed by atoms with van der Waals surface area (Å²) in [5.41, 5.74) is -0.848. The molecule has 8 rings (SSSR count). The number of hydrogen-bond donors (Lipinski definition) is 2. The highest BCUT2D eigenvalue weighted by molar-refractivity contribution is 6.08. The Morgan fingerprint density at radius 2 is 1.67 bits per heavy atom. The fraction of sp³-hybridized carbons (Fsp3) is 0.735. The van der Waals surface area contributed by atoms with Gasteiger partial charge in [-0.25, -0.2) is 0 Å². The molecule has 3 saturated carbocycles. The molecule has 8 atom stereocenters. The van der Waals surface area contributed by atoms with Gasteiger partial charge in [0.15, 0.2) is 5.76 Å². The molecule has 39 heavy (non-hydrogen) atoms. The Kier molecular flexibility index (Phi) is 5.99. The van der Waals surface area contributed by atoms with Crippen molar-refractivity contribution in [2.75, 3.05) is 19.6 Å². The van der Waals surface area contributed by atoms with Crippen LogP contribution >= 0.6 is 0 Å². The van der Waals surface area contributed by atoms with E-state index >= 15 is 0 Å². The van der Waals surface area contributed by atoms with Crippen LogP contribution < -0.4 is 0 Å². The molecule has 1 saturated heterocycles. The summed E-state index contributed by atoms with van der Waals surface area (Å²) in [5.74, 6) is 0.931. The van der Waals surface area contributed by atoms with E-state index in [0.717, 1.165) is 63.7 Å². The number of aliphatic hydroxyl groups is 2. The first-order valence-electron chi connectivity index (χ1n) is 15.8. The van der Waals surface area contributed by atoms with Gasteiger partial charge in [-0.1, -0.05) is 51.3 Å². The number of aliphatic hydroxyl groups excluding tert-OH is 1. The molecule has 0 radical (unpaired) electrons. The zero-order valence-corrected chi connectivity index (χ0v) is 24.0. The predicted molar refractivity (Wildman–Crippen MR) is 151 cm³/mol. The standard InChI is InChI=1S/C34H47NO4/c1-30-13-10-24(36)21-32(30)16-17-34(25(22-32)29(37)26-9-8-20-39-26)27(30)11-14-31(2)28(34)12-15-33(31,38)23-35-18-6-4-3-5-7-19-35/h8-9,16-17,20,22,24,27-28,36,38H,3-7,10-15,18-19,21,23H2,1-2H3. The number of fused-ring (bicyclic) bond motifs is 1. The van der Waals surface area contributed by atoms with Crippen LogP contribution in [0, 0.1) is 33.5 Å². The maximum Gasteiger partial charge on any atom is 0.224 e. The quantitative estimate of drug-likeness (QED) is 0.350. The van der Waals surface area contributed by atoms with Crippen molar-refractivity contribution >= 4 is 5.78 Å². The molecule has 2 heterocycles. The zero-order valence-electron chi connectivity index (χ0n) is 24.0. The largest absolute Gasteiger partial charge is 0.461 e. The number of Topliss-reactive ketones (excluding diaryl/α,β-unsaturated/α-hetero) is 1. The minimum atomic E-state index is -0.751. The highest BCUT2D eigenvalue weighted by Crippen LogP contribution is 2.78. The van der Waals surface area contributed by atoms with Gasteiger partial charge < -0.3 is 19.5 Å². The highest BCUT2D eigenvalue weighted by Gasteiger charge is 2.74. The van der Waals surface area contributed by atoms with Gasteiger partial charge in [-0.2, -0.15) is 0 Å². The van der Waals surface area contributed by atoms with Crippen molar-refractivity contribution in [2.24, 2.45) is 33.5 Å². The van der Waals surface area contributed by atoms with E-state index in [-0.39, 0.29) is 34.1 Å². The molecule has 6 aliphatic carbocycles. The van der Waals surface area contributed by atoms with Crippen LogP contribution in [0.5, 0.6) is 0 Å². The lowest BCUT2D eigenvalue weighted by atomic mass is 9.32. The van der Waals surface area contributed by atoms with Gasteiger partial charge in [0.2, 0.25) is 5.78 Å². The number of likely N-dealkylation sites (tertiary alicyclic amines) is 1. The molecule has 2 spiro atoms. The summed E-state index contributed by atoms with van der Waals surface area (Å²) in [6.07, 6.45) is 20.9. The van der Waals surface area contributed by atoms with E-state index < -0.39 is 11.0 Å². The van der Waals surface area contributed by atoms with Crippen LogP contribution in [-0.2, 0) is 0 Å². The Hall–Kier alpha value is -1.69. The van der Waals surface area contributed by atoms with E-state index in [1.54, 1.807) is 18.4 Å². The number of nitrogens with zero attached hydrogens (tertiary/aromatic N) is 1. The lowest BCUT2D eigenvalue weighted by molar-refractivity contribution is -0.176. The van der Waals surface area contributed by atoms with Crippen LogP contribution in [0.15, 0.2) is 46.6 Å². The van der Waals surface area contributed by atoms with Crippen LogP contribution in [-0.4, -0.2) is 52.2 Å². The molecule has 1 aliphatic heterocycles. The van der Waals surface area contributed by atoms with Crippen molar-refractivity contribution in [1.82, 2.24) is 4.90 Å². The molecule has 5 nitrogen and oxygen atoms in total. The molecule has 2 N–H and O–H groups in total. The Labute approximate surface area is 233 Å². The summed E-state index contributed by atoms with van der Waals surface area (Å²) in [5, 5.41) is 23.4. The Bertz CT molecular complexity index is 1180. The number of furan rings is 1. The van der Waals surface area contributed by atoms with Crippen molar-refractivity contribution in [1.29, 1.82) is 0 Å². The third-order valence-corrected chi connectivity index (χ3v) is 13.1. The first-order valence-corrected chi connectivity index (χ1v) is 15.8. The lowest BCUT2D eigenvalue weighted by Gasteiger charge is -2.71. The summed E-state index contributed by atoms with van der Waals surface area (Å²) >= 11 is 0. The Morgan fingerprint density at radius 3 is 2.41 bits per heavy atom. The van der Waals surface area contributed by atoms with Gasteiger partial charge in [0, 0.05) is 28.4 Å². The van der Waals surface area contributed by atoms with Crippen LogP contribution in [0.2, 0.25) is 0 Å². The van der Waals surface area contributed by atoms with Gasteiger partial charge in [0.25, 0.3) is 0 Å². The Balaban J connectivity index is 1.32. The Morgan fingerprint density at radius 1 is 0.974 bits per heavy atom. The number of carbonyl (C=O) groups is 1. The van der Waals surface area contributed by atoms with Crippen molar-refractivity contribution in [3.63, 3.8) is 0 Å². The van der Waals surface area contributed by atoms with E-state index in [1.165, 1.54) is 32.1 Å². The maximum atomic E-state index is 14.3. The second-order valence-electron chi connectivity index (χ2n) is 14.7. The topological polar surface area (TPSA) is 73.9 Å². The molecule has 2 bridgehead atoms. The maximum absolute atomic E-state index is 14.3. The minimum Gasteiger partial charge on any atom is -0.461 e. The molecule has 8 unspecified atom stereocenters. The third kappa shape index (κ3) is 3.45. The van der Waals surface area contributed by atoms with Crippen LogP contribution in [0.3, 0.4) is 0 Å². The molecule has 0 aromatic carbocycles. The average Bonchev–Trinajstić information content (AvgIpc) is 3.52. The third-order valence-electron chi connectivity index (χ3n) is 13.1. The molecule has 1 aromatic rings. The number of β-amino-alcohol motifs (C(OH)–C–C–N with tert-alkyl or cyclic N) is 1. The van der Waals surface area contributed by atoms with E-state index in [2.05, 4.69) is 37.0 Å². The summed E-state index contributed by atoms with van der Waals surface area (Å²) in [7, 11) is 0. The number of carbonyl (C=O) groups excluding carboxylic acids is 1. The highest BCUT2D eigenvalue weighted by atomic mass is 16.3. The fourth-order valence-corrected chi connectivity index (χ4v) is 11.0. The number of rotatable bonds is 4. The first kappa shape index (κ1) is 26.2. The van der Waals surface area contributed by atoms with Crippen molar-refractivity contribution in [3.05, 3.63) is 48.0 Å². The summed E-state index contributed by atoms with van der Waals surface area (Å²) in [6, 6.07) is 3.59. The molecule has 4 fully saturated rings. The van der Waals surface area contributed by atoms with Gasteiger partial charge in [-0.05, 0) is 100 Å². The molecular weight excluding hydrogens is 486 g/mol. The minimum absolute atomic E-state index is 0.000652. The average molecular weight is 534 g/mol. The summed E-state index contributed by atoms with van der Waals surface area (Å²) in [4.78, 5) is 16.8. The molecule has 5 heteroatoms. The van der Waals surface area contributed by atoms with Crippen LogP contribution in [0.25, 0.3) is 0 Å². The molecular formula is C34H47NO4. The first-order chi connectivity index (χ1) is 18.7. The second-order valence-corrected chi connectivity index (χ2v) is 14.7. The van der Waals surface area contributed by atoms with E-state index in [4.69, 9.17) is 4.42 Å². The van der Waals surface area contributed by atoms with Crippen molar-refractivity contribution < 1.29 is 19.4 Å². The van der Waals surface area contributed by atoms with E-state index in [0.29, 0.717) is 18.1 Å². The van der Waals surface area contributed by atoms with E-state index in [1.807, 2.05) is 0 Å². The number of hydrogen-bond acceptors (Lipinski definition) is 5. The normalized spacial score (nSPS) is 47.5. The number of ketones is 1. The number of allylic oxidation sites excluding steroid dienone is 4. The van der Waals surface area contributed by atoms with Gasteiger partial charge in [0.05, 0.1) is 18.0 Å². The lowest BCUT2D eigenvalue weighted by Crippen LogP contribution is -2.67. The van der Waals surface area contributed by atoms with Gasteiger partial charge in [0.1, 0.15) is 0 Å². The molecule has 7 aliphatic rings. The molecule has 212 valence electrons. The molecule has 0 amide bonds. The monoisotopic (exact) mass is 533 g/mol. The smallest absolute Gasteiger partial charge is 0.224 e. The summed E-state index contributed by atoms with van der Waals surface area (Å²) in [6.45, 7) is 7.72. The zero-order chi connectivity index (χ0) is 27.1. The predicted octanol–water partition coefficient (Wildman–Crippen LogP) is 6.32. The second kappa shape index (κ2) is 8.90. The van der Waals surface area contributed by atoms with E-state index in [9.17, 15) is 15.0 Å². The van der Waals surface area contributed by atoms with Crippen LogP contribution in [0.1, 0.15) is 101 Å². The molecule has 1 aromatic heterocycles. The van der Waals surface area contributed by atoms with Crippen molar-refractivity contribution in [3.8, 4) is 0 Å².